The zero-order chi connectivity index (χ0) is 12.9. The van der Waals surface area contributed by atoms with E-state index in [1.165, 1.54) is 19.3 Å². The molecule has 1 aliphatic heterocycles. The number of piperidine rings is 1. The van der Waals surface area contributed by atoms with Gasteiger partial charge in [-0.2, -0.15) is 0 Å². The van der Waals surface area contributed by atoms with E-state index in [1.807, 2.05) is 24.4 Å². The van der Waals surface area contributed by atoms with Gasteiger partial charge in [-0.1, -0.05) is 24.6 Å². The number of fused-ring (bicyclic) bond motifs is 1. The Labute approximate surface area is 114 Å². The van der Waals surface area contributed by atoms with Crippen molar-refractivity contribution >= 4 is 10.9 Å². The maximum atomic E-state index is 5.92. The molecule has 3 heteroatoms. The predicted octanol–water partition coefficient (Wildman–Crippen LogP) is 3.15. The van der Waals surface area contributed by atoms with Crippen LogP contribution in [0.5, 0.6) is 5.75 Å². The average Bonchev–Trinajstić information content (AvgIpc) is 2.49. The second-order valence-electron chi connectivity index (χ2n) is 5.12. The molecule has 1 aliphatic rings. The minimum atomic E-state index is 0.622. The fraction of sp³-hybridized carbons (Fsp3) is 0.438. The molecule has 3 rings (SSSR count). The zero-order valence-electron chi connectivity index (χ0n) is 11.1. The number of ether oxygens (including phenoxy) is 1. The maximum Gasteiger partial charge on any atom is 0.145 e. The number of pyridine rings is 1. The van der Waals surface area contributed by atoms with Crippen molar-refractivity contribution in [3.8, 4) is 5.75 Å². The van der Waals surface area contributed by atoms with Crippen molar-refractivity contribution in [3.05, 3.63) is 36.5 Å². The number of nitrogens with zero attached hydrogens (tertiary/aromatic N) is 1. The molecule has 0 aliphatic carbocycles. The van der Waals surface area contributed by atoms with Crippen LogP contribution in [0.25, 0.3) is 10.9 Å². The first-order chi connectivity index (χ1) is 9.43. The summed E-state index contributed by atoms with van der Waals surface area (Å²) in [5.74, 6) is 0.897. The summed E-state index contributed by atoms with van der Waals surface area (Å²) < 4.78 is 5.92. The molecule has 1 fully saturated rings. The lowest BCUT2D eigenvalue weighted by atomic mass is 10.0. The van der Waals surface area contributed by atoms with Crippen molar-refractivity contribution in [3.63, 3.8) is 0 Å². The summed E-state index contributed by atoms with van der Waals surface area (Å²) in [5, 5.41) is 4.68. The van der Waals surface area contributed by atoms with Gasteiger partial charge in [-0.05, 0) is 37.9 Å². The molecule has 19 heavy (non-hydrogen) atoms. The third kappa shape index (κ3) is 3.04. The van der Waals surface area contributed by atoms with Crippen LogP contribution in [0.3, 0.4) is 0 Å². The number of rotatable bonds is 4. The van der Waals surface area contributed by atoms with Crippen LogP contribution in [0.1, 0.15) is 25.7 Å². The number of hydrogen-bond donors (Lipinski definition) is 1. The van der Waals surface area contributed by atoms with E-state index in [4.69, 9.17) is 4.74 Å². The number of nitrogens with one attached hydrogen (secondary N) is 1. The Morgan fingerprint density at radius 1 is 1.21 bits per heavy atom. The molecule has 2 aromatic rings. The summed E-state index contributed by atoms with van der Waals surface area (Å²) in [6, 6.07) is 10.7. The van der Waals surface area contributed by atoms with E-state index in [9.17, 15) is 0 Å². The molecule has 0 amide bonds. The lowest BCUT2D eigenvalue weighted by Crippen LogP contribution is -2.35. The second kappa shape index (κ2) is 6.02. The Hall–Kier alpha value is -1.61. The van der Waals surface area contributed by atoms with Crippen LogP contribution in [0.15, 0.2) is 36.5 Å². The van der Waals surface area contributed by atoms with Gasteiger partial charge in [0.25, 0.3) is 0 Å². The quantitative estimate of drug-likeness (QED) is 0.912. The van der Waals surface area contributed by atoms with Crippen LogP contribution in [-0.2, 0) is 0 Å². The van der Waals surface area contributed by atoms with Crippen molar-refractivity contribution in [2.45, 2.75) is 31.7 Å². The SMILES string of the molecule is c1cnc2c(OCC[C@H]3CCCCN3)cccc2c1. The summed E-state index contributed by atoms with van der Waals surface area (Å²) in [7, 11) is 0. The summed E-state index contributed by atoms with van der Waals surface area (Å²) in [6.45, 7) is 1.91. The van der Waals surface area contributed by atoms with E-state index in [0.29, 0.717) is 6.04 Å². The van der Waals surface area contributed by atoms with Crippen LogP contribution in [-0.4, -0.2) is 24.2 Å². The van der Waals surface area contributed by atoms with Gasteiger partial charge in [0.15, 0.2) is 0 Å². The summed E-state index contributed by atoms with van der Waals surface area (Å²) in [6.07, 6.45) is 6.82. The van der Waals surface area contributed by atoms with Crippen molar-refractivity contribution in [2.75, 3.05) is 13.2 Å². The molecule has 1 aromatic carbocycles. The van der Waals surface area contributed by atoms with Gasteiger partial charge in [0.05, 0.1) is 6.61 Å². The normalized spacial score (nSPS) is 19.5. The van der Waals surface area contributed by atoms with Gasteiger partial charge in [-0.25, -0.2) is 0 Å². The van der Waals surface area contributed by atoms with Crippen LogP contribution >= 0.6 is 0 Å². The van der Waals surface area contributed by atoms with Crippen LogP contribution < -0.4 is 10.1 Å². The van der Waals surface area contributed by atoms with Gasteiger partial charge in [0.1, 0.15) is 11.3 Å². The average molecular weight is 256 g/mol. The lowest BCUT2D eigenvalue weighted by Gasteiger charge is -2.23. The van der Waals surface area contributed by atoms with Crippen LogP contribution in [0.4, 0.5) is 0 Å². The molecule has 1 aromatic heterocycles. The van der Waals surface area contributed by atoms with Crippen LogP contribution in [0.2, 0.25) is 0 Å². The molecule has 0 radical (unpaired) electrons. The van der Waals surface area contributed by atoms with E-state index in [1.54, 1.807) is 0 Å². The lowest BCUT2D eigenvalue weighted by molar-refractivity contribution is 0.270. The third-order valence-electron chi connectivity index (χ3n) is 3.73. The smallest absolute Gasteiger partial charge is 0.145 e. The largest absolute Gasteiger partial charge is 0.491 e. The minimum Gasteiger partial charge on any atom is -0.491 e. The van der Waals surface area contributed by atoms with Gasteiger partial charge in [0, 0.05) is 17.6 Å². The molecule has 1 atom stereocenters. The van der Waals surface area contributed by atoms with Gasteiger partial charge in [-0.3, -0.25) is 4.98 Å². The van der Waals surface area contributed by atoms with Gasteiger partial charge >= 0.3 is 0 Å². The molecule has 2 heterocycles. The van der Waals surface area contributed by atoms with Crippen molar-refractivity contribution in [2.24, 2.45) is 0 Å². The highest BCUT2D eigenvalue weighted by Gasteiger charge is 2.12. The predicted molar refractivity (Wildman–Crippen MR) is 77.5 cm³/mol. The molecule has 1 saturated heterocycles. The van der Waals surface area contributed by atoms with E-state index in [2.05, 4.69) is 22.4 Å². The molecular weight excluding hydrogens is 236 g/mol. The van der Waals surface area contributed by atoms with E-state index >= 15 is 0 Å². The third-order valence-corrected chi connectivity index (χ3v) is 3.73. The van der Waals surface area contributed by atoms with E-state index < -0.39 is 0 Å². The highest BCUT2D eigenvalue weighted by Crippen LogP contribution is 2.23. The molecule has 0 spiro atoms. The van der Waals surface area contributed by atoms with Crippen LogP contribution in [0, 0.1) is 0 Å². The number of benzene rings is 1. The van der Waals surface area contributed by atoms with E-state index in [0.717, 1.165) is 36.2 Å². The first-order valence-corrected chi connectivity index (χ1v) is 7.13. The Kier molecular flexibility index (Phi) is 3.94. The summed E-state index contributed by atoms with van der Waals surface area (Å²) in [4.78, 5) is 4.41. The number of aromatic nitrogens is 1. The molecule has 0 saturated carbocycles. The topological polar surface area (TPSA) is 34.1 Å². The molecule has 1 N–H and O–H groups in total. The maximum absolute atomic E-state index is 5.92. The molecule has 0 unspecified atom stereocenters. The molecule has 3 nitrogen and oxygen atoms in total. The monoisotopic (exact) mass is 256 g/mol. The second-order valence-corrected chi connectivity index (χ2v) is 5.12. The molecule has 0 bridgehead atoms. The first-order valence-electron chi connectivity index (χ1n) is 7.13. The summed E-state index contributed by atoms with van der Waals surface area (Å²) >= 11 is 0. The molecular formula is C16H20N2O. The number of para-hydroxylation sites is 1. The van der Waals surface area contributed by atoms with Crippen molar-refractivity contribution in [1.29, 1.82) is 0 Å². The number of hydrogen-bond acceptors (Lipinski definition) is 3. The minimum absolute atomic E-state index is 0.622. The van der Waals surface area contributed by atoms with Gasteiger partial charge in [-0.15, -0.1) is 0 Å². The fourth-order valence-electron chi connectivity index (χ4n) is 2.67. The Balaban J connectivity index is 1.62. The van der Waals surface area contributed by atoms with Gasteiger partial charge in [0.2, 0.25) is 0 Å². The molecule has 100 valence electrons. The van der Waals surface area contributed by atoms with Crippen molar-refractivity contribution in [1.82, 2.24) is 10.3 Å². The van der Waals surface area contributed by atoms with Crippen molar-refractivity contribution < 1.29 is 4.74 Å². The fourth-order valence-corrected chi connectivity index (χ4v) is 2.67. The Bertz CT molecular complexity index is 530. The highest BCUT2D eigenvalue weighted by atomic mass is 16.5. The van der Waals surface area contributed by atoms with Gasteiger partial charge < -0.3 is 10.1 Å². The zero-order valence-corrected chi connectivity index (χ0v) is 11.1. The Morgan fingerprint density at radius 2 is 2.16 bits per heavy atom. The van der Waals surface area contributed by atoms with E-state index in [-0.39, 0.29) is 0 Å². The first kappa shape index (κ1) is 12.4. The summed E-state index contributed by atoms with van der Waals surface area (Å²) in [5.41, 5.74) is 0.960. The standard InChI is InChI=1S/C16H20N2O/c1-2-10-17-14(7-1)9-12-19-15-8-3-5-13-6-4-11-18-16(13)15/h3-6,8,11,14,17H,1-2,7,9-10,12H2/t14-/m1/s1. The highest BCUT2D eigenvalue weighted by molar-refractivity contribution is 5.84. The Morgan fingerprint density at radius 3 is 3.05 bits per heavy atom.